The number of pyridine rings is 1. The molecule has 1 unspecified atom stereocenters. The van der Waals surface area contributed by atoms with Gasteiger partial charge in [-0.1, -0.05) is 6.92 Å². The molecule has 2 rings (SSSR count). The van der Waals surface area contributed by atoms with Gasteiger partial charge in [0.1, 0.15) is 5.82 Å². The lowest BCUT2D eigenvalue weighted by molar-refractivity contribution is 0.290. The molecule has 0 aromatic carbocycles. The molecule has 3 N–H and O–H groups in total. The van der Waals surface area contributed by atoms with E-state index in [9.17, 15) is 0 Å². The average Bonchev–Trinajstić information content (AvgIpc) is 3.21. The predicted octanol–water partition coefficient (Wildman–Crippen LogP) is 2.86. The summed E-state index contributed by atoms with van der Waals surface area (Å²) in [5, 5.41) is 3.34. The normalized spacial score (nSPS) is 16.1. The molecule has 1 aromatic heterocycles. The summed E-state index contributed by atoms with van der Waals surface area (Å²) in [6, 6.07) is 3.77. The first-order valence-electron chi connectivity index (χ1n) is 6.81. The second-order valence-corrected chi connectivity index (χ2v) is 6.20. The Labute approximate surface area is 119 Å². The standard InChI is InChI=1S/C14H23N3OS/c1-10(9-19-2)7-16-13-6-5-12(15)14(17-13)18-8-11-3-4-11/h5-6,10-11H,3-4,7-9,15H2,1-2H3,(H,16,17). The molecule has 0 spiro atoms. The molecule has 1 fully saturated rings. The molecule has 5 heteroatoms. The van der Waals surface area contributed by atoms with Crippen LogP contribution in [0.1, 0.15) is 19.8 Å². The van der Waals surface area contributed by atoms with Crippen molar-refractivity contribution >= 4 is 23.3 Å². The summed E-state index contributed by atoms with van der Waals surface area (Å²) >= 11 is 1.86. The van der Waals surface area contributed by atoms with E-state index >= 15 is 0 Å². The van der Waals surface area contributed by atoms with E-state index in [4.69, 9.17) is 10.5 Å². The van der Waals surface area contributed by atoms with Gasteiger partial charge in [-0.15, -0.1) is 0 Å². The van der Waals surface area contributed by atoms with Gasteiger partial charge in [-0.3, -0.25) is 0 Å². The summed E-state index contributed by atoms with van der Waals surface area (Å²) in [5.74, 6) is 3.87. The van der Waals surface area contributed by atoms with Crippen LogP contribution in [-0.4, -0.2) is 30.1 Å². The average molecular weight is 281 g/mol. The van der Waals surface area contributed by atoms with Gasteiger partial charge < -0.3 is 15.8 Å². The van der Waals surface area contributed by atoms with Crippen molar-refractivity contribution in [1.29, 1.82) is 0 Å². The number of aromatic nitrogens is 1. The maximum Gasteiger partial charge on any atom is 0.239 e. The van der Waals surface area contributed by atoms with Gasteiger partial charge in [0.15, 0.2) is 0 Å². The molecule has 106 valence electrons. The SMILES string of the molecule is CSCC(C)CNc1ccc(N)c(OCC2CC2)n1. The second kappa shape index (κ2) is 6.89. The zero-order valence-electron chi connectivity index (χ0n) is 11.7. The predicted molar refractivity (Wildman–Crippen MR) is 82.9 cm³/mol. The molecule has 1 heterocycles. The quantitative estimate of drug-likeness (QED) is 0.767. The first-order chi connectivity index (χ1) is 9.19. The number of hydrogen-bond acceptors (Lipinski definition) is 5. The highest BCUT2D eigenvalue weighted by atomic mass is 32.2. The van der Waals surface area contributed by atoms with Gasteiger partial charge in [-0.25, -0.2) is 0 Å². The van der Waals surface area contributed by atoms with Crippen molar-refractivity contribution in [1.82, 2.24) is 4.98 Å². The molecule has 0 radical (unpaired) electrons. The summed E-state index contributed by atoms with van der Waals surface area (Å²) in [6.45, 7) is 3.88. The van der Waals surface area contributed by atoms with Crippen molar-refractivity contribution in [2.75, 3.05) is 36.2 Å². The summed E-state index contributed by atoms with van der Waals surface area (Å²) in [6.07, 6.45) is 4.66. The molecule has 0 aliphatic heterocycles. The topological polar surface area (TPSA) is 60.2 Å². The second-order valence-electron chi connectivity index (χ2n) is 5.29. The minimum atomic E-state index is 0.564. The van der Waals surface area contributed by atoms with Crippen LogP contribution in [0, 0.1) is 11.8 Å². The summed E-state index contributed by atoms with van der Waals surface area (Å²) in [4.78, 5) is 4.44. The Morgan fingerprint density at radius 2 is 2.32 bits per heavy atom. The molecule has 19 heavy (non-hydrogen) atoms. The zero-order valence-corrected chi connectivity index (χ0v) is 12.5. The maximum atomic E-state index is 5.88. The van der Waals surface area contributed by atoms with Crippen molar-refractivity contribution in [3.8, 4) is 5.88 Å². The number of rotatable bonds is 8. The van der Waals surface area contributed by atoms with Crippen molar-refractivity contribution in [3.63, 3.8) is 0 Å². The van der Waals surface area contributed by atoms with Crippen LogP contribution in [0.15, 0.2) is 12.1 Å². The van der Waals surface area contributed by atoms with Gasteiger partial charge >= 0.3 is 0 Å². The van der Waals surface area contributed by atoms with Crippen LogP contribution in [0.2, 0.25) is 0 Å². The molecule has 1 aromatic rings. The molecule has 4 nitrogen and oxygen atoms in total. The lowest BCUT2D eigenvalue weighted by atomic mass is 10.2. The van der Waals surface area contributed by atoms with Crippen LogP contribution in [-0.2, 0) is 0 Å². The van der Waals surface area contributed by atoms with Crippen molar-refractivity contribution < 1.29 is 4.74 Å². The zero-order chi connectivity index (χ0) is 13.7. The fraction of sp³-hybridized carbons (Fsp3) is 0.643. The number of ether oxygens (including phenoxy) is 1. The van der Waals surface area contributed by atoms with Gasteiger partial charge in [0.05, 0.1) is 12.3 Å². The van der Waals surface area contributed by atoms with Gasteiger partial charge in [0, 0.05) is 6.54 Å². The van der Waals surface area contributed by atoms with E-state index in [0.29, 0.717) is 23.4 Å². The number of nitrogen functional groups attached to an aromatic ring is 1. The van der Waals surface area contributed by atoms with E-state index in [2.05, 4.69) is 23.5 Å². The number of anilines is 2. The van der Waals surface area contributed by atoms with Gasteiger partial charge in [-0.2, -0.15) is 16.7 Å². The third-order valence-electron chi connectivity index (χ3n) is 3.13. The van der Waals surface area contributed by atoms with Crippen LogP contribution in [0.5, 0.6) is 5.88 Å². The van der Waals surface area contributed by atoms with Crippen molar-refractivity contribution in [3.05, 3.63) is 12.1 Å². The van der Waals surface area contributed by atoms with Crippen LogP contribution in [0.4, 0.5) is 11.5 Å². The number of thioether (sulfide) groups is 1. The van der Waals surface area contributed by atoms with E-state index < -0.39 is 0 Å². The van der Waals surface area contributed by atoms with E-state index in [1.807, 2.05) is 23.9 Å². The molecule has 1 aliphatic carbocycles. The van der Waals surface area contributed by atoms with Crippen LogP contribution < -0.4 is 15.8 Å². The first-order valence-corrected chi connectivity index (χ1v) is 8.20. The molecule has 0 amide bonds. The number of nitrogens with zero attached hydrogens (tertiary/aromatic N) is 1. The molecule has 1 saturated carbocycles. The third kappa shape index (κ3) is 4.82. The fourth-order valence-corrected chi connectivity index (χ4v) is 2.46. The lowest BCUT2D eigenvalue weighted by Crippen LogP contribution is -2.14. The molecular formula is C14H23N3OS. The van der Waals surface area contributed by atoms with E-state index in [1.54, 1.807) is 0 Å². The third-order valence-corrected chi connectivity index (χ3v) is 4.03. The van der Waals surface area contributed by atoms with Crippen LogP contribution >= 0.6 is 11.8 Å². The summed E-state index contributed by atoms with van der Waals surface area (Å²) in [7, 11) is 0. The number of nitrogens with one attached hydrogen (secondary N) is 1. The smallest absolute Gasteiger partial charge is 0.239 e. The lowest BCUT2D eigenvalue weighted by Gasteiger charge is -2.13. The first kappa shape index (κ1) is 14.3. The molecule has 0 saturated heterocycles. The Morgan fingerprint density at radius 1 is 1.53 bits per heavy atom. The Balaban J connectivity index is 1.87. The minimum Gasteiger partial charge on any atom is -0.476 e. The monoisotopic (exact) mass is 281 g/mol. The highest BCUT2D eigenvalue weighted by molar-refractivity contribution is 7.98. The molecule has 0 bridgehead atoms. The maximum absolute atomic E-state index is 5.88. The molecular weight excluding hydrogens is 258 g/mol. The Hall–Kier alpha value is -1.10. The van der Waals surface area contributed by atoms with Crippen LogP contribution in [0.3, 0.4) is 0 Å². The van der Waals surface area contributed by atoms with E-state index in [0.717, 1.165) is 24.7 Å². The number of nitrogens with two attached hydrogens (primary N) is 1. The Morgan fingerprint density at radius 3 is 3.00 bits per heavy atom. The molecule has 1 aliphatic rings. The highest BCUT2D eigenvalue weighted by Crippen LogP contribution is 2.30. The summed E-state index contributed by atoms with van der Waals surface area (Å²) < 4.78 is 5.68. The van der Waals surface area contributed by atoms with Crippen molar-refractivity contribution in [2.45, 2.75) is 19.8 Å². The van der Waals surface area contributed by atoms with Gasteiger partial charge in [-0.05, 0) is 48.8 Å². The highest BCUT2D eigenvalue weighted by Gasteiger charge is 2.22. The van der Waals surface area contributed by atoms with E-state index in [-0.39, 0.29) is 0 Å². The molecule has 1 atom stereocenters. The fourth-order valence-electron chi connectivity index (χ4n) is 1.77. The van der Waals surface area contributed by atoms with Crippen LogP contribution in [0.25, 0.3) is 0 Å². The van der Waals surface area contributed by atoms with Gasteiger partial charge in [0.2, 0.25) is 5.88 Å². The largest absolute Gasteiger partial charge is 0.476 e. The van der Waals surface area contributed by atoms with E-state index in [1.165, 1.54) is 12.8 Å². The number of hydrogen-bond donors (Lipinski definition) is 2. The van der Waals surface area contributed by atoms with Gasteiger partial charge in [0.25, 0.3) is 0 Å². The Kier molecular flexibility index (Phi) is 5.19. The summed E-state index contributed by atoms with van der Waals surface area (Å²) in [5.41, 5.74) is 6.50. The minimum absolute atomic E-state index is 0.564. The van der Waals surface area contributed by atoms with Crippen molar-refractivity contribution in [2.24, 2.45) is 11.8 Å². The Bertz CT molecular complexity index is 410.